The summed E-state index contributed by atoms with van der Waals surface area (Å²) in [4.78, 5) is 2.30. The summed E-state index contributed by atoms with van der Waals surface area (Å²) in [6.07, 6.45) is 6.14. The number of hydrogen-bond acceptors (Lipinski definition) is 3. The maximum absolute atomic E-state index is 11.2. The molecule has 21 heavy (non-hydrogen) atoms. The van der Waals surface area contributed by atoms with Crippen LogP contribution in [-0.2, 0) is 16.3 Å². The minimum absolute atomic E-state index is 0.293. The third-order valence-corrected chi connectivity index (χ3v) is 5.37. The summed E-state index contributed by atoms with van der Waals surface area (Å²) >= 11 is 0. The smallest absolute Gasteiger partial charge is 0.148 e. The third-order valence-electron chi connectivity index (χ3n) is 4.45. The summed E-state index contributed by atoms with van der Waals surface area (Å²) in [5.74, 6) is 1.09. The van der Waals surface area contributed by atoms with Crippen LogP contribution in [0.5, 0.6) is 0 Å². The van der Waals surface area contributed by atoms with E-state index >= 15 is 0 Å². The van der Waals surface area contributed by atoms with E-state index in [1.807, 2.05) is 0 Å². The van der Waals surface area contributed by atoms with Gasteiger partial charge in [-0.25, -0.2) is 8.42 Å². The van der Waals surface area contributed by atoms with Crippen LogP contribution in [0, 0.1) is 12.8 Å². The van der Waals surface area contributed by atoms with Crippen molar-refractivity contribution in [1.29, 1.82) is 0 Å². The first-order valence-corrected chi connectivity index (χ1v) is 9.94. The van der Waals surface area contributed by atoms with E-state index in [9.17, 15) is 8.42 Å². The molecule has 1 fully saturated rings. The predicted molar refractivity (Wildman–Crippen MR) is 88.4 cm³/mol. The maximum atomic E-state index is 11.2. The van der Waals surface area contributed by atoms with E-state index in [0.29, 0.717) is 12.3 Å². The van der Waals surface area contributed by atoms with Gasteiger partial charge >= 0.3 is 0 Å². The minimum Gasteiger partial charge on any atom is -0.302 e. The summed E-state index contributed by atoms with van der Waals surface area (Å²) < 4.78 is 22.4. The molecule has 1 aliphatic rings. The lowest BCUT2D eigenvalue weighted by atomic mass is 9.90. The second-order valence-corrected chi connectivity index (χ2v) is 8.70. The minimum atomic E-state index is -2.83. The van der Waals surface area contributed by atoms with Gasteiger partial charge in [-0.3, -0.25) is 0 Å². The molecule has 0 amide bonds. The Bertz CT molecular complexity index is 528. The number of nitrogens with zero attached hydrogens (tertiary/aromatic N) is 1. The summed E-state index contributed by atoms with van der Waals surface area (Å²) in [6, 6.07) is 8.83. The molecule has 1 aliphatic heterocycles. The van der Waals surface area contributed by atoms with E-state index in [1.165, 1.54) is 36.6 Å². The van der Waals surface area contributed by atoms with Crippen molar-refractivity contribution in [3.05, 3.63) is 35.4 Å². The first kappa shape index (κ1) is 16.5. The highest BCUT2D eigenvalue weighted by Crippen LogP contribution is 2.22. The lowest BCUT2D eigenvalue weighted by Crippen LogP contribution is -2.36. The van der Waals surface area contributed by atoms with E-state index < -0.39 is 9.84 Å². The third kappa shape index (κ3) is 6.18. The van der Waals surface area contributed by atoms with Crippen molar-refractivity contribution in [3.63, 3.8) is 0 Å². The van der Waals surface area contributed by atoms with E-state index in [-0.39, 0.29) is 0 Å². The van der Waals surface area contributed by atoms with Crippen molar-refractivity contribution >= 4 is 9.84 Å². The Hall–Kier alpha value is -0.870. The molecule has 0 saturated carbocycles. The zero-order valence-electron chi connectivity index (χ0n) is 13.2. The van der Waals surface area contributed by atoms with Crippen LogP contribution in [0.2, 0.25) is 0 Å². The van der Waals surface area contributed by atoms with Gasteiger partial charge in [-0.15, -0.1) is 0 Å². The molecule has 1 saturated heterocycles. The number of sulfone groups is 1. The normalized spacial score (nSPS) is 18.0. The predicted octanol–water partition coefficient (Wildman–Crippen LogP) is 2.68. The fourth-order valence-corrected chi connectivity index (χ4v) is 3.51. The maximum Gasteiger partial charge on any atom is 0.148 e. The van der Waals surface area contributed by atoms with Crippen LogP contribution in [-0.4, -0.2) is 45.0 Å². The zero-order valence-corrected chi connectivity index (χ0v) is 14.0. The molecule has 0 atom stereocenters. The molecule has 0 bridgehead atoms. The quantitative estimate of drug-likeness (QED) is 0.811. The van der Waals surface area contributed by atoms with Gasteiger partial charge in [0.05, 0.1) is 5.75 Å². The van der Waals surface area contributed by atoms with Crippen molar-refractivity contribution < 1.29 is 8.42 Å². The summed E-state index contributed by atoms with van der Waals surface area (Å²) in [5.41, 5.74) is 2.75. The van der Waals surface area contributed by atoms with E-state index in [4.69, 9.17) is 0 Å². The van der Waals surface area contributed by atoms with Gasteiger partial charge in [0.2, 0.25) is 0 Å². The van der Waals surface area contributed by atoms with Crippen molar-refractivity contribution in [2.45, 2.75) is 32.6 Å². The molecule has 0 radical (unpaired) electrons. The van der Waals surface area contributed by atoms with Crippen LogP contribution in [0.25, 0.3) is 0 Å². The standard InChI is InChI=1S/C17H27NO2S/c1-15-3-5-16(6-4-15)7-8-17-9-11-18(12-10-17)13-14-21(2,19)20/h3-6,17H,7-14H2,1-2H3. The number of aryl methyl sites for hydroxylation is 2. The fourth-order valence-electron chi connectivity index (χ4n) is 2.92. The number of piperidine rings is 1. The second kappa shape index (κ2) is 7.41. The highest BCUT2D eigenvalue weighted by molar-refractivity contribution is 7.90. The molecule has 1 aromatic carbocycles. The Kier molecular flexibility index (Phi) is 5.82. The Morgan fingerprint density at radius 1 is 1.14 bits per heavy atom. The van der Waals surface area contributed by atoms with Crippen LogP contribution in [0.3, 0.4) is 0 Å². The average Bonchev–Trinajstić information content (AvgIpc) is 2.45. The van der Waals surface area contributed by atoms with E-state index in [0.717, 1.165) is 25.4 Å². The Balaban J connectivity index is 1.68. The highest BCUT2D eigenvalue weighted by Gasteiger charge is 2.19. The number of rotatable bonds is 6. The molecule has 0 spiro atoms. The van der Waals surface area contributed by atoms with Gasteiger partial charge in [-0.2, -0.15) is 0 Å². The zero-order chi connectivity index (χ0) is 15.3. The molecule has 3 nitrogen and oxygen atoms in total. The van der Waals surface area contributed by atoms with Gasteiger partial charge in [0.15, 0.2) is 0 Å². The molecule has 2 rings (SSSR count). The van der Waals surface area contributed by atoms with E-state index in [2.05, 4.69) is 36.1 Å². The van der Waals surface area contributed by atoms with Gasteiger partial charge < -0.3 is 4.90 Å². The van der Waals surface area contributed by atoms with Crippen LogP contribution < -0.4 is 0 Å². The number of likely N-dealkylation sites (tertiary alicyclic amines) is 1. The Morgan fingerprint density at radius 2 is 1.76 bits per heavy atom. The van der Waals surface area contributed by atoms with Crippen molar-refractivity contribution in [2.24, 2.45) is 5.92 Å². The summed E-state index contributed by atoms with van der Waals surface area (Å²) in [7, 11) is -2.83. The molecule has 118 valence electrons. The van der Waals surface area contributed by atoms with Crippen LogP contribution in [0.15, 0.2) is 24.3 Å². The van der Waals surface area contributed by atoms with Gasteiger partial charge in [0.25, 0.3) is 0 Å². The van der Waals surface area contributed by atoms with Crippen LogP contribution in [0.4, 0.5) is 0 Å². The lowest BCUT2D eigenvalue weighted by Gasteiger charge is -2.31. The summed E-state index contributed by atoms with van der Waals surface area (Å²) in [5, 5.41) is 0. The van der Waals surface area contributed by atoms with Gasteiger partial charge in [0.1, 0.15) is 9.84 Å². The second-order valence-electron chi connectivity index (χ2n) is 6.44. The molecule has 0 N–H and O–H groups in total. The number of benzene rings is 1. The molecule has 1 heterocycles. The molecular formula is C17H27NO2S. The van der Waals surface area contributed by atoms with E-state index in [1.54, 1.807) is 0 Å². The Labute approximate surface area is 129 Å². The fraction of sp³-hybridized carbons (Fsp3) is 0.647. The first-order valence-electron chi connectivity index (χ1n) is 7.88. The molecule has 0 aliphatic carbocycles. The molecule has 4 heteroatoms. The largest absolute Gasteiger partial charge is 0.302 e. The Morgan fingerprint density at radius 3 is 2.33 bits per heavy atom. The molecule has 0 aromatic heterocycles. The SMILES string of the molecule is Cc1ccc(CCC2CCN(CCS(C)(=O)=O)CC2)cc1. The topological polar surface area (TPSA) is 37.4 Å². The summed E-state index contributed by atoms with van der Waals surface area (Å²) in [6.45, 7) is 4.92. The van der Waals surface area contributed by atoms with Crippen molar-refractivity contribution in [2.75, 3.05) is 31.6 Å². The molecule has 1 aromatic rings. The van der Waals surface area contributed by atoms with Crippen LogP contribution >= 0.6 is 0 Å². The average molecular weight is 309 g/mol. The highest BCUT2D eigenvalue weighted by atomic mass is 32.2. The number of hydrogen-bond donors (Lipinski definition) is 0. The van der Waals surface area contributed by atoms with Gasteiger partial charge in [-0.1, -0.05) is 29.8 Å². The van der Waals surface area contributed by atoms with Crippen LogP contribution in [0.1, 0.15) is 30.4 Å². The van der Waals surface area contributed by atoms with Gasteiger partial charge in [-0.05, 0) is 57.2 Å². The monoisotopic (exact) mass is 309 g/mol. The molecule has 0 unspecified atom stereocenters. The van der Waals surface area contributed by atoms with Crippen molar-refractivity contribution in [1.82, 2.24) is 4.90 Å². The first-order chi connectivity index (χ1) is 9.92. The molecular weight excluding hydrogens is 282 g/mol. The van der Waals surface area contributed by atoms with Crippen molar-refractivity contribution in [3.8, 4) is 0 Å². The van der Waals surface area contributed by atoms with Gasteiger partial charge in [0, 0.05) is 12.8 Å². The lowest BCUT2D eigenvalue weighted by molar-refractivity contribution is 0.187.